The van der Waals surface area contributed by atoms with Crippen LogP contribution in [0.25, 0.3) is 0 Å². The van der Waals surface area contributed by atoms with E-state index in [9.17, 15) is 0 Å². The van der Waals surface area contributed by atoms with Crippen molar-refractivity contribution < 1.29 is 4.74 Å². The zero-order valence-electron chi connectivity index (χ0n) is 9.63. The van der Waals surface area contributed by atoms with Crippen LogP contribution >= 0.6 is 11.6 Å². The van der Waals surface area contributed by atoms with Crippen LogP contribution in [-0.4, -0.2) is 12.1 Å². The average Bonchev–Trinajstić information content (AvgIpc) is 2.99. The fourth-order valence-corrected chi connectivity index (χ4v) is 1.95. The molecule has 0 amide bonds. The Morgan fingerprint density at radius 2 is 2.19 bits per heavy atom. The van der Waals surface area contributed by atoms with E-state index in [2.05, 4.69) is 6.07 Å². The molecule has 16 heavy (non-hydrogen) atoms. The number of nitrogens with two attached hydrogens (primary N) is 1. The minimum Gasteiger partial charge on any atom is -0.492 e. The largest absolute Gasteiger partial charge is 0.492 e. The molecule has 2 rings (SSSR count). The molecule has 0 radical (unpaired) electrons. The van der Waals surface area contributed by atoms with Gasteiger partial charge < -0.3 is 10.5 Å². The van der Waals surface area contributed by atoms with Gasteiger partial charge in [-0.25, -0.2) is 0 Å². The third-order valence-corrected chi connectivity index (χ3v) is 3.41. The molecule has 1 fully saturated rings. The van der Waals surface area contributed by atoms with Crippen LogP contribution in [0.4, 0.5) is 0 Å². The summed E-state index contributed by atoms with van der Waals surface area (Å²) in [5, 5.41) is 0.680. The number of hydrogen-bond acceptors (Lipinski definition) is 2. The van der Waals surface area contributed by atoms with Crippen molar-refractivity contribution in [1.82, 2.24) is 0 Å². The summed E-state index contributed by atoms with van der Waals surface area (Å²) in [5.74, 6) is 0.781. The summed E-state index contributed by atoms with van der Waals surface area (Å²) >= 11 is 6.03. The van der Waals surface area contributed by atoms with Crippen molar-refractivity contribution in [3.05, 3.63) is 28.8 Å². The molecule has 2 N–H and O–H groups in total. The highest BCUT2D eigenvalue weighted by molar-refractivity contribution is 6.32. The van der Waals surface area contributed by atoms with Crippen molar-refractivity contribution in [3.8, 4) is 5.75 Å². The maximum absolute atomic E-state index is 6.06. The molecule has 0 saturated heterocycles. The van der Waals surface area contributed by atoms with Gasteiger partial charge in [-0.05, 0) is 50.3 Å². The lowest BCUT2D eigenvalue weighted by molar-refractivity contribution is 0.340. The Hall–Kier alpha value is -0.730. The fourth-order valence-electron chi connectivity index (χ4n) is 1.77. The first-order valence-electron chi connectivity index (χ1n) is 5.83. The molecule has 0 spiro atoms. The molecule has 3 heteroatoms. The van der Waals surface area contributed by atoms with Crippen LogP contribution in [0.2, 0.25) is 5.02 Å². The summed E-state index contributed by atoms with van der Waals surface area (Å²) < 4.78 is 5.46. The maximum atomic E-state index is 6.06. The van der Waals surface area contributed by atoms with Crippen LogP contribution < -0.4 is 10.5 Å². The molecule has 0 aromatic heterocycles. The van der Waals surface area contributed by atoms with Gasteiger partial charge in [0.05, 0.1) is 11.6 Å². The average molecular weight is 240 g/mol. The predicted octanol–water partition coefficient (Wildman–Crippen LogP) is 3.16. The highest BCUT2D eigenvalue weighted by Gasteiger charge is 2.37. The summed E-state index contributed by atoms with van der Waals surface area (Å²) in [6.07, 6.45) is 4.39. The monoisotopic (exact) mass is 239 g/mol. The fraction of sp³-hybridized carbons (Fsp3) is 0.538. The van der Waals surface area contributed by atoms with E-state index < -0.39 is 0 Å². The van der Waals surface area contributed by atoms with Crippen LogP contribution in [0, 0.1) is 0 Å². The second-order valence-corrected chi connectivity index (χ2v) is 4.97. The molecule has 1 aromatic carbocycles. The molecule has 1 saturated carbocycles. The number of benzene rings is 1. The molecule has 0 aliphatic heterocycles. The van der Waals surface area contributed by atoms with E-state index >= 15 is 0 Å². The normalized spacial score (nSPS) is 17.2. The number of hydrogen-bond donors (Lipinski definition) is 1. The van der Waals surface area contributed by atoms with Crippen molar-refractivity contribution in [2.75, 3.05) is 6.61 Å². The summed E-state index contributed by atoms with van der Waals surface area (Å²) in [4.78, 5) is 0. The lowest BCUT2D eigenvalue weighted by atomic mass is 10.0. The van der Waals surface area contributed by atoms with Gasteiger partial charge in [0.15, 0.2) is 0 Å². The van der Waals surface area contributed by atoms with Gasteiger partial charge in [0.2, 0.25) is 0 Å². The second kappa shape index (κ2) is 4.64. The van der Waals surface area contributed by atoms with Crippen molar-refractivity contribution >= 4 is 11.6 Å². The predicted molar refractivity (Wildman–Crippen MR) is 67.1 cm³/mol. The van der Waals surface area contributed by atoms with E-state index in [0.717, 1.165) is 18.6 Å². The number of aryl methyl sites for hydroxylation is 1. The van der Waals surface area contributed by atoms with Gasteiger partial charge in [-0.1, -0.05) is 17.7 Å². The number of halogens is 1. The van der Waals surface area contributed by atoms with Crippen LogP contribution in [0.5, 0.6) is 5.75 Å². The first-order valence-corrected chi connectivity index (χ1v) is 6.21. The van der Waals surface area contributed by atoms with Gasteiger partial charge in [-0.3, -0.25) is 0 Å². The molecule has 0 unspecified atom stereocenters. The number of ether oxygens (including phenoxy) is 1. The molecule has 2 nitrogen and oxygen atoms in total. The Kier molecular flexibility index (Phi) is 3.41. The van der Waals surface area contributed by atoms with Gasteiger partial charge in [-0.2, -0.15) is 0 Å². The molecule has 88 valence electrons. The topological polar surface area (TPSA) is 35.2 Å². The van der Waals surface area contributed by atoms with Gasteiger partial charge >= 0.3 is 0 Å². The standard InChI is InChI=1S/C13H18ClNO/c1-2-16-12-9-10(3-4-11(12)14)5-6-13(15)7-8-13/h3-4,9H,2,5-8,15H2,1H3. The van der Waals surface area contributed by atoms with E-state index in [-0.39, 0.29) is 5.54 Å². The number of rotatable bonds is 5. The SMILES string of the molecule is CCOc1cc(CCC2(N)CC2)ccc1Cl. The highest BCUT2D eigenvalue weighted by atomic mass is 35.5. The Balaban J connectivity index is 2.00. The Bertz CT molecular complexity index is 374. The Morgan fingerprint density at radius 1 is 1.44 bits per heavy atom. The molecule has 1 aliphatic rings. The molecular weight excluding hydrogens is 222 g/mol. The van der Waals surface area contributed by atoms with Crippen molar-refractivity contribution in [1.29, 1.82) is 0 Å². The Labute approximate surface area is 102 Å². The van der Waals surface area contributed by atoms with E-state index in [1.165, 1.54) is 18.4 Å². The van der Waals surface area contributed by atoms with Gasteiger partial charge in [0, 0.05) is 5.54 Å². The van der Waals surface area contributed by atoms with Crippen LogP contribution in [-0.2, 0) is 6.42 Å². The van der Waals surface area contributed by atoms with Crippen molar-refractivity contribution in [2.24, 2.45) is 5.73 Å². The summed E-state index contributed by atoms with van der Waals surface area (Å²) in [7, 11) is 0. The molecule has 1 aliphatic carbocycles. The maximum Gasteiger partial charge on any atom is 0.138 e. The quantitative estimate of drug-likeness (QED) is 0.857. The summed E-state index contributed by atoms with van der Waals surface area (Å²) in [6.45, 7) is 2.60. The van der Waals surface area contributed by atoms with Crippen LogP contribution in [0.3, 0.4) is 0 Å². The summed E-state index contributed by atoms with van der Waals surface area (Å²) in [6, 6.07) is 5.98. The van der Waals surface area contributed by atoms with E-state index in [4.69, 9.17) is 22.1 Å². The minimum atomic E-state index is 0.116. The van der Waals surface area contributed by atoms with Gasteiger partial charge in [0.1, 0.15) is 5.75 Å². The Morgan fingerprint density at radius 3 is 2.81 bits per heavy atom. The molecule has 0 bridgehead atoms. The highest BCUT2D eigenvalue weighted by Crippen LogP contribution is 2.37. The van der Waals surface area contributed by atoms with Crippen LogP contribution in [0.15, 0.2) is 18.2 Å². The molecule has 1 aromatic rings. The van der Waals surface area contributed by atoms with E-state index in [1.807, 2.05) is 19.1 Å². The van der Waals surface area contributed by atoms with E-state index in [0.29, 0.717) is 11.6 Å². The minimum absolute atomic E-state index is 0.116. The van der Waals surface area contributed by atoms with Crippen LogP contribution in [0.1, 0.15) is 31.7 Å². The zero-order valence-corrected chi connectivity index (χ0v) is 10.4. The second-order valence-electron chi connectivity index (χ2n) is 4.56. The van der Waals surface area contributed by atoms with E-state index in [1.54, 1.807) is 0 Å². The zero-order chi connectivity index (χ0) is 11.6. The molecular formula is C13H18ClNO. The first-order chi connectivity index (χ1) is 7.63. The molecule has 0 heterocycles. The third-order valence-electron chi connectivity index (χ3n) is 3.10. The lowest BCUT2D eigenvalue weighted by Gasteiger charge is -2.10. The van der Waals surface area contributed by atoms with Gasteiger partial charge in [0.25, 0.3) is 0 Å². The third kappa shape index (κ3) is 2.89. The first kappa shape index (κ1) is 11.7. The van der Waals surface area contributed by atoms with Gasteiger partial charge in [-0.15, -0.1) is 0 Å². The summed E-state index contributed by atoms with van der Waals surface area (Å²) in [5.41, 5.74) is 7.43. The molecule has 0 atom stereocenters. The smallest absolute Gasteiger partial charge is 0.138 e. The van der Waals surface area contributed by atoms with Crippen molar-refractivity contribution in [3.63, 3.8) is 0 Å². The van der Waals surface area contributed by atoms with Crippen molar-refractivity contribution in [2.45, 2.75) is 38.1 Å². The lowest BCUT2D eigenvalue weighted by Crippen LogP contribution is -2.22.